The van der Waals surface area contributed by atoms with Crippen LogP contribution in [0.15, 0.2) is 54.1 Å². The maximum atomic E-state index is 13.0. The number of fused-ring (bicyclic) bond motifs is 5. The lowest BCUT2D eigenvalue weighted by atomic mass is 9.82. The van der Waals surface area contributed by atoms with Crippen molar-refractivity contribution < 1.29 is 23.9 Å². The third-order valence-electron chi connectivity index (χ3n) is 6.78. The topological polar surface area (TPSA) is 92.8 Å². The normalized spacial score (nSPS) is 24.8. The van der Waals surface area contributed by atoms with Crippen LogP contribution >= 0.6 is 23.2 Å². The number of ether oxygens (including phenoxy) is 1. The fourth-order valence-electron chi connectivity index (χ4n) is 5.27. The van der Waals surface area contributed by atoms with Gasteiger partial charge in [0.05, 0.1) is 33.8 Å². The molecule has 2 aromatic rings. The SMILES string of the molecule is CC1=C[C@H]2C[C@H]1[C@@H]1C(=O)N(c3ccc(C(=O)OCC(=O)Nc4cc(Cl)ccc4Cl)cc3)C(=O)[C@H]12. The van der Waals surface area contributed by atoms with E-state index in [2.05, 4.69) is 11.4 Å². The molecule has 3 aliphatic rings. The van der Waals surface area contributed by atoms with Gasteiger partial charge in [0.2, 0.25) is 11.8 Å². The summed E-state index contributed by atoms with van der Waals surface area (Å²) in [4.78, 5) is 51.8. The minimum Gasteiger partial charge on any atom is -0.452 e. The number of rotatable bonds is 5. The molecule has 0 spiro atoms. The number of hydrogen-bond donors (Lipinski definition) is 1. The molecule has 1 heterocycles. The summed E-state index contributed by atoms with van der Waals surface area (Å²) in [6, 6.07) is 10.6. The molecule has 7 nitrogen and oxygen atoms in total. The van der Waals surface area contributed by atoms with Crippen LogP contribution in [0, 0.1) is 23.7 Å². The summed E-state index contributed by atoms with van der Waals surface area (Å²) in [6.07, 6.45) is 2.99. The van der Waals surface area contributed by atoms with Gasteiger partial charge in [-0.1, -0.05) is 34.9 Å². The van der Waals surface area contributed by atoms with Gasteiger partial charge in [0.25, 0.3) is 5.91 Å². The molecule has 3 amide bonds. The summed E-state index contributed by atoms with van der Waals surface area (Å²) < 4.78 is 5.07. The smallest absolute Gasteiger partial charge is 0.338 e. The summed E-state index contributed by atoms with van der Waals surface area (Å²) in [5.41, 5.74) is 2.11. The number of benzene rings is 2. The van der Waals surface area contributed by atoms with E-state index in [1.807, 2.05) is 6.92 Å². The summed E-state index contributed by atoms with van der Waals surface area (Å²) >= 11 is 11.9. The van der Waals surface area contributed by atoms with Crippen molar-refractivity contribution in [3.63, 3.8) is 0 Å². The third kappa shape index (κ3) is 3.79. The number of allylic oxidation sites excluding steroid dienone is 2. The summed E-state index contributed by atoms with van der Waals surface area (Å²) in [6.45, 7) is 1.50. The molecular formula is C25H20Cl2N2O5. The Morgan fingerprint density at radius 2 is 1.76 bits per heavy atom. The van der Waals surface area contributed by atoms with Gasteiger partial charge in [-0.2, -0.15) is 0 Å². The molecule has 2 fully saturated rings. The van der Waals surface area contributed by atoms with E-state index in [1.165, 1.54) is 28.7 Å². The zero-order valence-electron chi connectivity index (χ0n) is 18.1. The molecule has 0 unspecified atom stereocenters. The van der Waals surface area contributed by atoms with Gasteiger partial charge < -0.3 is 10.1 Å². The molecule has 1 saturated heterocycles. The maximum Gasteiger partial charge on any atom is 0.338 e. The molecule has 1 aliphatic heterocycles. The van der Waals surface area contributed by atoms with Crippen LogP contribution in [0.25, 0.3) is 0 Å². The van der Waals surface area contributed by atoms with Crippen molar-refractivity contribution in [3.8, 4) is 0 Å². The van der Waals surface area contributed by atoms with Gasteiger partial charge >= 0.3 is 5.97 Å². The molecule has 1 N–H and O–H groups in total. The monoisotopic (exact) mass is 498 g/mol. The predicted molar refractivity (Wildman–Crippen MR) is 127 cm³/mol. The number of carbonyl (C=O) groups is 4. The fraction of sp³-hybridized carbons (Fsp3) is 0.280. The van der Waals surface area contributed by atoms with Crippen LogP contribution in [-0.2, 0) is 19.1 Å². The Kier molecular flexibility index (Phi) is 5.70. The highest BCUT2D eigenvalue weighted by Gasteiger charge is 2.60. The maximum absolute atomic E-state index is 13.0. The predicted octanol–water partition coefficient (Wildman–Crippen LogP) is 4.49. The van der Waals surface area contributed by atoms with Crippen molar-refractivity contribution in [1.82, 2.24) is 0 Å². The Morgan fingerprint density at radius 1 is 1.06 bits per heavy atom. The number of nitrogens with zero attached hydrogens (tertiary/aromatic N) is 1. The van der Waals surface area contributed by atoms with Gasteiger partial charge in [-0.3, -0.25) is 19.3 Å². The van der Waals surface area contributed by atoms with Crippen LogP contribution in [0.5, 0.6) is 0 Å². The van der Waals surface area contributed by atoms with Crippen molar-refractivity contribution in [3.05, 3.63) is 69.7 Å². The summed E-state index contributed by atoms with van der Waals surface area (Å²) in [7, 11) is 0. The Balaban J connectivity index is 1.21. The Labute approximate surface area is 205 Å². The Morgan fingerprint density at radius 3 is 2.50 bits per heavy atom. The molecule has 4 atom stereocenters. The second-order valence-corrected chi connectivity index (χ2v) is 9.62. The number of esters is 1. The highest BCUT2D eigenvalue weighted by molar-refractivity contribution is 6.35. The van der Waals surface area contributed by atoms with Gasteiger partial charge in [-0.15, -0.1) is 0 Å². The van der Waals surface area contributed by atoms with E-state index in [9.17, 15) is 19.2 Å². The molecular weight excluding hydrogens is 479 g/mol. The van der Waals surface area contributed by atoms with Gasteiger partial charge in [-0.25, -0.2) is 4.79 Å². The first kappa shape index (κ1) is 22.6. The van der Waals surface area contributed by atoms with Crippen LogP contribution in [-0.4, -0.2) is 30.3 Å². The van der Waals surface area contributed by atoms with Gasteiger partial charge in [0.15, 0.2) is 6.61 Å². The first-order chi connectivity index (χ1) is 16.2. The Bertz CT molecular complexity index is 1260. The van der Waals surface area contributed by atoms with Crippen molar-refractivity contribution in [2.75, 3.05) is 16.8 Å². The number of hydrogen-bond acceptors (Lipinski definition) is 5. The zero-order valence-corrected chi connectivity index (χ0v) is 19.6. The molecule has 34 heavy (non-hydrogen) atoms. The van der Waals surface area contributed by atoms with Crippen LogP contribution in [0.3, 0.4) is 0 Å². The number of amides is 3. The average Bonchev–Trinajstić information content (AvgIpc) is 3.45. The first-order valence-corrected chi connectivity index (χ1v) is 11.6. The van der Waals surface area contributed by atoms with E-state index < -0.39 is 18.5 Å². The minimum absolute atomic E-state index is 0.124. The highest BCUT2D eigenvalue weighted by atomic mass is 35.5. The molecule has 0 radical (unpaired) electrons. The van der Waals surface area contributed by atoms with Crippen LogP contribution in [0.4, 0.5) is 11.4 Å². The zero-order chi connectivity index (χ0) is 24.1. The molecule has 5 rings (SSSR count). The highest BCUT2D eigenvalue weighted by Crippen LogP contribution is 2.55. The van der Waals surface area contributed by atoms with E-state index in [-0.39, 0.29) is 41.0 Å². The standard InChI is InChI=1S/C25H20Cl2N2O5/c1-12-8-14-9-17(12)22-21(14)23(31)29(24(22)32)16-5-2-13(3-6-16)25(33)34-11-20(30)28-19-10-15(26)4-7-18(19)27/h2-8,10,14,17,21-22H,9,11H2,1H3,(H,28,30)/t14-,17+,21-,22-/m0/s1. The van der Waals surface area contributed by atoms with Gasteiger partial charge in [0.1, 0.15) is 0 Å². The second-order valence-electron chi connectivity index (χ2n) is 8.78. The van der Waals surface area contributed by atoms with E-state index >= 15 is 0 Å². The van der Waals surface area contributed by atoms with Gasteiger partial charge in [-0.05, 0) is 67.6 Å². The van der Waals surface area contributed by atoms with Crippen molar-refractivity contribution >= 4 is 58.3 Å². The van der Waals surface area contributed by atoms with Crippen molar-refractivity contribution in [2.45, 2.75) is 13.3 Å². The van der Waals surface area contributed by atoms with E-state index in [4.69, 9.17) is 27.9 Å². The van der Waals surface area contributed by atoms with Gasteiger partial charge in [0, 0.05) is 5.02 Å². The number of imide groups is 1. The van der Waals surface area contributed by atoms with E-state index in [1.54, 1.807) is 24.3 Å². The largest absolute Gasteiger partial charge is 0.452 e. The first-order valence-electron chi connectivity index (χ1n) is 10.8. The molecule has 0 aromatic heterocycles. The molecule has 2 aliphatic carbocycles. The summed E-state index contributed by atoms with van der Waals surface area (Å²) in [5, 5.41) is 3.23. The lowest BCUT2D eigenvalue weighted by Gasteiger charge is -2.19. The fourth-order valence-corrected chi connectivity index (χ4v) is 5.61. The molecule has 1 saturated carbocycles. The molecule has 174 valence electrons. The number of anilines is 2. The van der Waals surface area contributed by atoms with Crippen LogP contribution in [0.2, 0.25) is 10.0 Å². The van der Waals surface area contributed by atoms with Crippen LogP contribution in [0.1, 0.15) is 23.7 Å². The number of halogens is 2. The summed E-state index contributed by atoms with van der Waals surface area (Å²) in [5.74, 6) is -1.98. The lowest BCUT2D eigenvalue weighted by Crippen LogP contribution is -2.33. The average molecular weight is 499 g/mol. The number of nitrogens with one attached hydrogen (secondary N) is 1. The lowest BCUT2D eigenvalue weighted by molar-refractivity contribution is -0.123. The van der Waals surface area contributed by atoms with E-state index in [0.29, 0.717) is 21.4 Å². The minimum atomic E-state index is -0.715. The van der Waals surface area contributed by atoms with Crippen LogP contribution < -0.4 is 10.2 Å². The quantitative estimate of drug-likeness (QED) is 0.372. The van der Waals surface area contributed by atoms with Crippen molar-refractivity contribution in [2.24, 2.45) is 23.7 Å². The van der Waals surface area contributed by atoms with E-state index in [0.717, 1.165) is 6.42 Å². The molecule has 2 bridgehead atoms. The molecule has 9 heteroatoms. The number of carbonyl (C=O) groups excluding carboxylic acids is 4. The van der Waals surface area contributed by atoms with Crippen molar-refractivity contribution in [1.29, 1.82) is 0 Å². The third-order valence-corrected chi connectivity index (χ3v) is 7.34. The second kappa shape index (κ2) is 8.56. The Hall–Kier alpha value is -3.16. The molecule has 2 aromatic carbocycles.